The Kier molecular flexibility index (Phi) is 4.62. The summed E-state index contributed by atoms with van der Waals surface area (Å²) in [6.45, 7) is 1.12. The lowest BCUT2D eigenvalue weighted by Crippen LogP contribution is -2.48. The number of thiocarbonyl (C=S) groups is 1. The molecule has 23 heavy (non-hydrogen) atoms. The molecule has 1 fully saturated rings. The molecule has 4 rings (SSSR count). The summed E-state index contributed by atoms with van der Waals surface area (Å²) in [5, 5.41) is 0. The molecular formula is C20H26NS2+. The van der Waals surface area contributed by atoms with E-state index < -0.39 is 0 Å². The molecule has 1 saturated carbocycles. The predicted octanol–water partition coefficient (Wildman–Crippen LogP) is 6.15. The van der Waals surface area contributed by atoms with E-state index in [-0.39, 0.29) is 0 Å². The Morgan fingerprint density at radius 1 is 0.957 bits per heavy atom. The van der Waals surface area contributed by atoms with E-state index in [9.17, 15) is 0 Å². The minimum absolute atomic E-state index is 0.762. The minimum atomic E-state index is 0.762. The van der Waals surface area contributed by atoms with Crippen molar-refractivity contribution in [3.05, 3.63) is 47.2 Å². The molecule has 1 aromatic rings. The van der Waals surface area contributed by atoms with Crippen LogP contribution in [0.15, 0.2) is 41.6 Å². The van der Waals surface area contributed by atoms with E-state index >= 15 is 0 Å². The smallest absolute Gasteiger partial charge is 0.138 e. The second-order valence-corrected chi connectivity index (χ2v) is 9.15. The van der Waals surface area contributed by atoms with Crippen LogP contribution in [0.2, 0.25) is 0 Å². The largest absolute Gasteiger partial charge is 0.221 e. The molecule has 0 spiro atoms. The van der Waals surface area contributed by atoms with Crippen LogP contribution in [-0.2, 0) is 6.54 Å². The van der Waals surface area contributed by atoms with E-state index in [1.807, 2.05) is 11.9 Å². The third-order valence-corrected chi connectivity index (χ3v) is 7.67. The number of nitrogens with zero attached hydrogens (tertiary/aromatic N) is 1. The summed E-state index contributed by atoms with van der Waals surface area (Å²) in [6.07, 6.45) is 12.1. The van der Waals surface area contributed by atoms with Crippen molar-refractivity contribution in [3.8, 4) is 0 Å². The molecule has 0 saturated heterocycles. The van der Waals surface area contributed by atoms with Gasteiger partial charge in [-0.1, -0.05) is 49.0 Å². The highest BCUT2D eigenvalue weighted by molar-refractivity contribution is 8.20. The van der Waals surface area contributed by atoms with Crippen molar-refractivity contribution < 1.29 is 3.89 Å². The molecule has 0 unspecified atom stereocenters. The Morgan fingerprint density at radius 3 is 2.48 bits per heavy atom. The fourth-order valence-electron chi connectivity index (χ4n) is 4.69. The SMILES string of the molecule is S=C1S[N@@+](Cc2ccccc2)(C2CCCCC2)C2=C1CCCC2. The Morgan fingerprint density at radius 2 is 1.70 bits per heavy atom. The van der Waals surface area contributed by atoms with Crippen LogP contribution >= 0.6 is 24.2 Å². The number of hydrogen-bond acceptors (Lipinski definition) is 2. The van der Waals surface area contributed by atoms with Crippen molar-refractivity contribution in [2.24, 2.45) is 0 Å². The van der Waals surface area contributed by atoms with E-state index in [1.165, 1.54) is 67.5 Å². The highest BCUT2D eigenvalue weighted by Crippen LogP contribution is 2.53. The molecule has 0 aromatic heterocycles. The van der Waals surface area contributed by atoms with Crippen molar-refractivity contribution in [2.45, 2.75) is 70.4 Å². The molecule has 0 bridgehead atoms. The summed E-state index contributed by atoms with van der Waals surface area (Å²) in [5.41, 5.74) is 4.72. The van der Waals surface area contributed by atoms with Gasteiger partial charge >= 0.3 is 0 Å². The average molecular weight is 345 g/mol. The van der Waals surface area contributed by atoms with Gasteiger partial charge in [-0.05, 0) is 32.1 Å². The van der Waals surface area contributed by atoms with Gasteiger partial charge in [-0.15, -0.1) is 0 Å². The molecule has 1 nitrogen and oxygen atoms in total. The second kappa shape index (κ2) is 6.70. The Labute approximate surface area is 149 Å². The van der Waals surface area contributed by atoms with Gasteiger partial charge in [0.05, 0.1) is 0 Å². The number of allylic oxidation sites excluding steroid dienone is 1. The molecular weight excluding hydrogens is 318 g/mol. The van der Waals surface area contributed by atoms with E-state index in [2.05, 4.69) is 30.3 Å². The van der Waals surface area contributed by atoms with Crippen molar-refractivity contribution in [2.75, 3.05) is 0 Å². The molecule has 1 aromatic carbocycles. The zero-order chi connectivity index (χ0) is 15.7. The van der Waals surface area contributed by atoms with Crippen LogP contribution in [0.4, 0.5) is 0 Å². The zero-order valence-corrected chi connectivity index (χ0v) is 15.4. The van der Waals surface area contributed by atoms with Gasteiger partial charge in [0, 0.05) is 30.4 Å². The molecule has 1 atom stereocenters. The average Bonchev–Trinajstić information content (AvgIpc) is 2.90. The Bertz CT molecular complexity index is 616. The maximum Gasteiger partial charge on any atom is 0.138 e. The molecule has 122 valence electrons. The maximum absolute atomic E-state index is 5.84. The Hall–Kier alpha value is -0.640. The lowest BCUT2D eigenvalue weighted by Gasteiger charge is -2.43. The fraction of sp³-hybridized carbons (Fsp3) is 0.550. The lowest BCUT2D eigenvalue weighted by molar-refractivity contribution is -0.799. The third-order valence-electron chi connectivity index (χ3n) is 5.81. The molecule has 0 amide bonds. The monoisotopic (exact) mass is 344 g/mol. The topological polar surface area (TPSA) is 0 Å². The molecule has 1 aliphatic heterocycles. The van der Waals surface area contributed by atoms with Gasteiger partial charge in [-0.25, -0.2) is 3.89 Å². The molecule has 1 heterocycles. The minimum Gasteiger partial charge on any atom is -0.221 e. The zero-order valence-electron chi connectivity index (χ0n) is 13.8. The summed E-state index contributed by atoms with van der Waals surface area (Å²) < 4.78 is 2.32. The first-order valence-corrected chi connectivity index (χ1v) is 10.4. The normalized spacial score (nSPS) is 29.0. The molecule has 0 radical (unpaired) electrons. The van der Waals surface area contributed by atoms with Gasteiger partial charge in [-0.3, -0.25) is 0 Å². The molecule has 2 aliphatic carbocycles. The van der Waals surface area contributed by atoms with Gasteiger partial charge in [0.1, 0.15) is 34.4 Å². The van der Waals surface area contributed by atoms with Crippen LogP contribution in [0.25, 0.3) is 0 Å². The second-order valence-electron chi connectivity index (χ2n) is 7.24. The summed E-state index contributed by atoms with van der Waals surface area (Å²) in [7, 11) is 0. The summed E-state index contributed by atoms with van der Waals surface area (Å²) >= 11 is 7.86. The van der Waals surface area contributed by atoms with Gasteiger partial charge in [-0.2, -0.15) is 0 Å². The van der Waals surface area contributed by atoms with Gasteiger partial charge in [0.25, 0.3) is 0 Å². The first-order valence-electron chi connectivity index (χ1n) is 9.18. The van der Waals surface area contributed by atoms with Crippen LogP contribution < -0.4 is 0 Å². The van der Waals surface area contributed by atoms with Crippen molar-refractivity contribution in [3.63, 3.8) is 0 Å². The van der Waals surface area contributed by atoms with Crippen molar-refractivity contribution in [1.29, 1.82) is 0 Å². The van der Waals surface area contributed by atoms with Gasteiger partial charge in [0.2, 0.25) is 0 Å². The fourth-order valence-corrected chi connectivity index (χ4v) is 6.82. The number of benzene rings is 1. The molecule has 3 aliphatic rings. The predicted molar refractivity (Wildman–Crippen MR) is 103 cm³/mol. The third kappa shape index (κ3) is 2.92. The van der Waals surface area contributed by atoms with E-state index in [1.54, 1.807) is 11.3 Å². The van der Waals surface area contributed by atoms with Crippen LogP contribution in [0, 0.1) is 0 Å². The quantitative estimate of drug-likeness (QED) is 0.366. The van der Waals surface area contributed by atoms with Crippen LogP contribution in [0.3, 0.4) is 0 Å². The summed E-state index contributed by atoms with van der Waals surface area (Å²) in [6, 6.07) is 11.9. The van der Waals surface area contributed by atoms with Crippen LogP contribution in [0.5, 0.6) is 0 Å². The molecule has 3 heteroatoms. The van der Waals surface area contributed by atoms with Crippen molar-refractivity contribution in [1.82, 2.24) is 0 Å². The van der Waals surface area contributed by atoms with Crippen LogP contribution in [-0.4, -0.2) is 14.1 Å². The van der Waals surface area contributed by atoms with E-state index in [0.29, 0.717) is 0 Å². The highest BCUT2D eigenvalue weighted by Gasteiger charge is 2.51. The first-order chi connectivity index (χ1) is 11.3. The lowest BCUT2D eigenvalue weighted by atomic mass is 9.90. The van der Waals surface area contributed by atoms with E-state index in [0.717, 1.165) is 16.5 Å². The highest BCUT2D eigenvalue weighted by atomic mass is 32.2. The van der Waals surface area contributed by atoms with Crippen molar-refractivity contribution >= 4 is 28.4 Å². The number of quaternary nitrogens is 1. The van der Waals surface area contributed by atoms with Gasteiger partial charge in [0.15, 0.2) is 0 Å². The number of hydrogen-bond donors (Lipinski definition) is 0. The molecule has 0 N–H and O–H groups in total. The van der Waals surface area contributed by atoms with E-state index in [4.69, 9.17) is 12.2 Å². The Balaban J connectivity index is 1.75. The standard InChI is InChI=1S/C20H26NS2/c22-20-18-13-7-8-14-19(18)21(23-20,17-11-5-2-6-12-17)15-16-9-3-1-4-10-16/h1,3-4,9-10,17H,2,5-8,11-15H2/q+1/t21-/m0/s1. The summed E-state index contributed by atoms with van der Waals surface area (Å²) in [5.74, 6) is 0. The maximum atomic E-state index is 5.84. The first kappa shape index (κ1) is 15.9. The van der Waals surface area contributed by atoms with Crippen LogP contribution in [0.1, 0.15) is 63.4 Å². The summed E-state index contributed by atoms with van der Waals surface area (Å²) in [4.78, 5) is 0. The van der Waals surface area contributed by atoms with Gasteiger partial charge < -0.3 is 0 Å². The number of rotatable bonds is 3.